The Labute approximate surface area is 136 Å². The first-order chi connectivity index (χ1) is 11.3. The topological polar surface area (TPSA) is 60.4 Å². The molecule has 0 unspecified atom stereocenters. The lowest BCUT2D eigenvalue weighted by Gasteiger charge is -2.19. The van der Waals surface area contributed by atoms with Crippen molar-refractivity contribution in [2.45, 2.75) is 6.43 Å². The van der Waals surface area contributed by atoms with E-state index in [0.29, 0.717) is 23.9 Å². The van der Waals surface area contributed by atoms with Gasteiger partial charge in [-0.15, -0.1) is 11.8 Å². The van der Waals surface area contributed by atoms with Crippen LogP contribution in [-0.4, -0.2) is 29.5 Å². The highest BCUT2D eigenvalue weighted by Gasteiger charge is 2.45. The predicted molar refractivity (Wildman–Crippen MR) is 74.5 cm³/mol. The van der Waals surface area contributed by atoms with Gasteiger partial charge in [0.25, 0.3) is 12.2 Å². The molecule has 4 nitrogen and oxygen atoms in total. The number of carbonyl (C=O) groups excluding carboxylic acids is 3. The van der Waals surface area contributed by atoms with Crippen molar-refractivity contribution >= 4 is 29.1 Å². The summed E-state index contributed by atoms with van der Waals surface area (Å²) < 4.78 is 57.8. The van der Waals surface area contributed by atoms with Crippen molar-refractivity contribution in [1.29, 1.82) is 0 Å². The molecule has 2 aliphatic rings. The van der Waals surface area contributed by atoms with E-state index < -0.39 is 58.1 Å². The van der Waals surface area contributed by atoms with Crippen molar-refractivity contribution in [2.24, 2.45) is 0 Å². The summed E-state index contributed by atoms with van der Waals surface area (Å²) >= 11 is 0.707. The van der Waals surface area contributed by atoms with Crippen LogP contribution in [0.25, 0.3) is 0 Å². The van der Waals surface area contributed by atoms with E-state index in [9.17, 15) is 31.9 Å². The highest BCUT2D eigenvalue weighted by Crippen LogP contribution is 2.41. The fraction of sp³-hybridized carbons (Fsp3) is 0.133. The van der Waals surface area contributed by atoms with Crippen LogP contribution in [0.3, 0.4) is 0 Å². The van der Waals surface area contributed by atoms with E-state index in [2.05, 4.69) is 0 Å². The van der Waals surface area contributed by atoms with Crippen LogP contribution in [0.5, 0.6) is 5.75 Å². The molecular weight excluding hydrogens is 352 g/mol. The lowest BCUT2D eigenvalue weighted by molar-refractivity contribution is -0.133. The van der Waals surface area contributed by atoms with Crippen LogP contribution in [0.1, 0.15) is 0 Å². The van der Waals surface area contributed by atoms with E-state index in [0.717, 1.165) is 6.07 Å². The quantitative estimate of drug-likeness (QED) is 0.472. The number of allylic oxidation sites excluding steroid dienone is 4. The normalized spacial score (nSPS) is 18.0. The smallest absolute Gasteiger partial charge is 0.269 e. The van der Waals surface area contributed by atoms with E-state index in [1.54, 1.807) is 0 Å². The number of alkyl halides is 2. The van der Waals surface area contributed by atoms with Crippen molar-refractivity contribution in [3.8, 4) is 5.75 Å². The maximum absolute atomic E-state index is 13.4. The van der Waals surface area contributed by atoms with Gasteiger partial charge in [0.2, 0.25) is 5.78 Å². The van der Waals surface area contributed by atoms with E-state index in [4.69, 9.17) is 4.74 Å². The molecule has 3 rings (SSSR count). The van der Waals surface area contributed by atoms with Gasteiger partial charge in [-0.05, 0) is 12.1 Å². The van der Waals surface area contributed by atoms with Crippen LogP contribution < -0.4 is 4.74 Å². The van der Waals surface area contributed by atoms with Gasteiger partial charge in [0.05, 0.1) is 16.2 Å². The third-order valence-electron chi connectivity index (χ3n) is 3.32. The van der Waals surface area contributed by atoms with Crippen molar-refractivity contribution in [3.63, 3.8) is 0 Å². The molecule has 1 aliphatic carbocycles. The Morgan fingerprint density at radius 1 is 1.04 bits per heavy atom. The molecule has 1 aromatic carbocycles. The van der Waals surface area contributed by atoms with Gasteiger partial charge in [0, 0.05) is 11.6 Å². The predicted octanol–water partition coefficient (Wildman–Crippen LogP) is 2.58. The minimum Gasteiger partial charge on any atom is -0.452 e. The van der Waals surface area contributed by atoms with E-state index >= 15 is 0 Å². The number of ether oxygens (including phenoxy) is 1. The summed E-state index contributed by atoms with van der Waals surface area (Å²) in [4.78, 5) is 35.5. The molecule has 0 N–H and O–H groups in total. The monoisotopic (exact) mass is 358 g/mol. The molecule has 9 heteroatoms. The number of thioether (sulfide) groups is 1. The number of benzene rings is 1. The number of carbonyl (C=O) groups is 3. The first kappa shape index (κ1) is 16.4. The highest BCUT2D eigenvalue weighted by atomic mass is 32.2. The Morgan fingerprint density at radius 3 is 2.38 bits per heavy atom. The molecule has 0 amide bonds. The molecule has 124 valence electrons. The third-order valence-corrected chi connectivity index (χ3v) is 4.40. The van der Waals surface area contributed by atoms with Gasteiger partial charge in [-0.1, -0.05) is 0 Å². The first-order valence-corrected chi connectivity index (χ1v) is 7.44. The van der Waals surface area contributed by atoms with Gasteiger partial charge >= 0.3 is 0 Å². The molecule has 0 aromatic heterocycles. The Bertz CT molecular complexity index is 857. The number of ketones is 3. The molecule has 0 bridgehead atoms. The van der Waals surface area contributed by atoms with Crippen molar-refractivity contribution < 1.29 is 36.7 Å². The van der Waals surface area contributed by atoms with Crippen LogP contribution in [0.2, 0.25) is 0 Å². The SMILES string of the molecule is O=C1CSC2=C1C(C(F)F)=C(Oc1ccc(F)c(F)c1)C(=O)C2=O. The zero-order valence-electron chi connectivity index (χ0n) is 11.6. The van der Waals surface area contributed by atoms with Crippen LogP contribution in [-0.2, 0) is 14.4 Å². The Morgan fingerprint density at radius 2 is 1.75 bits per heavy atom. The summed E-state index contributed by atoms with van der Waals surface area (Å²) in [6.07, 6.45) is -3.27. The summed E-state index contributed by atoms with van der Waals surface area (Å²) in [5.41, 5.74) is -1.55. The Balaban J connectivity index is 2.14. The molecule has 0 atom stereocenters. The summed E-state index contributed by atoms with van der Waals surface area (Å²) in [6.45, 7) is 0. The van der Waals surface area contributed by atoms with Gasteiger partial charge < -0.3 is 4.74 Å². The van der Waals surface area contributed by atoms with E-state index in [1.165, 1.54) is 0 Å². The second-order valence-corrected chi connectivity index (χ2v) is 5.78. The van der Waals surface area contributed by atoms with Gasteiger partial charge in [-0.2, -0.15) is 0 Å². The van der Waals surface area contributed by atoms with Gasteiger partial charge in [-0.3, -0.25) is 14.4 Å². The molecule has 0 fully saturated rings. The lowest BCUT2D eigenvalue weighted by Crippen LogP contribution is -2.30. The second kappa shape index (κ2) is 5.90. The summed E-state index contributed by atoms with van der Waals surface area (Å²) in [5.74, 6) is -7.49. The standard InChI is InChI=1S/C15H6F4O4S/c16-6-2-1-5(3-7(6)17)23-13-10(15(18)19)9-8(20)4-24-14(9)12(22)11(13)21/h1-3,15H,4H2. The summed E-state index contributed by atoms with van der Waals surface area (Å²) in [6, 6.07) is 2.11. The zero-order valence-corrected chi connectivity index (χ0v) is 12.4. The minimum atomic E-state index is -3.27. The molecule has 1 heterocycles. The first-order valence-electron chi connectivity index (χ1n) is 6.46. The van der Waals surface area contributed by atoms with Crippen LogP contribution >= 0.6 is 11.8 Å². The van der Waals surface area contributed by atoms with Gasteiger partial charge in [0.1, 0.15) is 5.75 Å². The highest BCUT2D eigenvalue weighted by molar-refractivity contribution is 8.05. The molecule has 0 saturated heterocycles. The molecule has 1 aliphatic heterocycles. The fourth-order valence-corrected chi connectivity index (χ4v) is 3.28. The number of Topliss-reactive ketones (excluding diaryl/α,β-unsaturated/α-hetero) is 3. The van der Waals surface area contributed by atoms with Crippen molar-refractivity contribution in [2.75, 3.05) is 5.75 Å². The molecule has 0 spiro atoms. The van der Waals surface area contributed by atoms with Crippen molar-refractivity contribution in [3.05, 3.63) is 51.6 Å². The van der Waals surface area contributed by atoms with E-state index in [-0.39, 0.29) is 10.7 Å². The fourth-order valence-electron chi connectivity index (χ4n) is 2.27. The molecule has 0 radical (unpaired) electrons. The molecule has 1 aromatic rings. The maximum Gasteiger partial charge on any atom is 0.269 e. The number of hydrogen-bond acceptors (Lipinski definition) is 5. The van der Waals surface area contributed by atoms with E-state index in [1.807, 2.05) is 0 Å². The van der Waals surface area contributed by atoms with Crippen LogP contribution in [0.15, 0.2) is 40.0 Å². The minimum absolute atomic E-state index is 0.238. The van der Waals surface area contributed by atoms with Gasteiger partial charge in [0.15, 0.2) is 23.2 Å². The largest absolute Gasteiger partial charge is 0.452 e. The number of hydrogen-bond donors (Lipinski definition) is 0. The zero-order chi connectivity index (χ0) is 17.6. The molecular formula is C15H6F4O4S. The number of rotatable bonds is 3. The van der Waals surface area contributed by atoms with Crippen LogP contribution in [0, 0.1) is 11.6 Å². The molecule has 24 heavy (non-hydrogen) atoms. The summed E-state index contributed by atoms with van der Waals surface area (Å²) in [5, 5.41) is 0. The number of halogens is 4. The van der Waals surface area contributed by atoms with Gasteiger partial charge in [-0.25, -0.2) is 17.6 Å². The lowest BCUT2D eigenvalue weighted by atomic mass is 9.92. The molecule has 0 saturated carbocycles. The maximum atomic E-state index is 13.4. The third kappa shape index (κ3) is 2.54. The second-order valence-electron chi connectivity index (χ2n) is 4.80. The van der Waals surface area contributed by atoms with Crippen molar-refractivity contribution in [1.82, 2.24) is 0 Å². The average molecular weight is 358 g/mol. The van der Waals surface area contributed by atoms with Crippen LogP contribution in [0.4, 0.5) is 17.6 Å². The average Bonchev–Trinajstić information content (AvgIpc) is 2.90. The Kier molecular flexibility index (Phi) is 4.04. The Hall–Kier alpha value is -2.42. The summed E-state index contributed by atoms with van der Waals surface area (Å²) in [7, 11) is 0.